The van der Waals surface area contributed by atoms with E-state index in [-0.39, 0.29) is 31.1 Å². The Bertz CT molecular complexity index is 368. The first-order valence-corrected chi connectivity index (χ1v) is 10.9. The molecule has 5 nitrogen and oxygen atoms in total. The second-order valence-corrected chi connectivity index (χ2v) is 7.90. The van der Waals surface area contributed by atoms with Crippen LogP contribution in [0.3, 0.4) is 0 Å². The molecule has 0 aliphatic heterocycles. The van der Waals surface area contributed by atoms with Gasteiger partial charge in [0.25, 0.3) is 0 Å². The Morgan fingerprint density at radius 2 is 1.19 bits per heavy atom. The van der Waals surface area contributed by atoms with E-state index in [1.54, 1.807) is 0 Å². The molecule has 0 fully saturated rings. The maximum atomic E-state index is 11.7. The highest BCUT2D eigenvalue weighted by atomic mass is 16.6. The Kier molecular flexibility index (Phi) is 17.5. The number of aliphatic hydroxyl groups is 1. The van der Waals surface area contributed by atoms with Crippen LogP contribution in [0.2, 0.25) is 0 Å². The van der Waals surface area contributed by atoms with Crippen molar-refractivity contribution in [2.75, 3.05) is 13.2 Å². The molecular formula is C22H42O5. The first-order valence-electron chi connectivity index (χ1n) is 10.9. The van der Waals surface area contributed by atoms with E-state index in [0.717, 1.165) is 19.3 Å². The normalized spacial score (nSPS) is 12.2. The SMILES string of the molecule is CCCCCCCCCCCCCC(=O)OC[C@@H](O)COC(=O)CC(C)C. The topological polar surface area (TPSA) is 72.8 Å². The van der Waals surface area contributed by atoms with Crippen LogP contribution in [0.25, 0.3) is 0 Å². The number of rotatable bonds is 18. The monoisotopic (exact) mass is 386 g/mol. The van der Waals surface area contributed by atoms with Crippen LogP contribution in [0, 0.1) is 5.92 Å². The van der Waals surface area contributed by atoms with E-state index in [1.807, 2.05) is 13.8 Å². The van der Waals surface area contributed by atoms with Crippen molar-refractivity contribution in [3.63, 3.8) is 0 Å². The van der Waals surface area contributed by atoms with Crippen LogP contribution in [-0.4, -0.2) is 36.4 Å². The minimum Gasteiger partial charge on any atom is -0.463 e. The van der Waals surface area contributed by atoms with Gasteiger partial charge >= 0.3 is 11.9 Å². The molecule has 0 saturated carbocycles. The van der Waals surface area contributed by atoms with Crippen molar-refractivity contribution < 1.29 is 24.2 Å². The van der Waals surface area contributed by atoms with Crippen LogP contribution in [0.4, 0.5) is 0 Å². The molecule has 1 N–H and O–H groups in total. The van der Waals surface area contributed by atoms with Crippen molar-refractivity contribution in [2.24, 2.45) is 5.92 Å². The van der Waals surface area contributed by atoms with Crippen molar-refractivity contribution in [2.45, 2.75) is 110 Å². The average molecular weight is 387 g/mol. The Morgan fingerprint density at radius 1 is 0.741 bits per heavy atom. The summed E-state index contributed by atoms with van der Waals surface area (Å²) in [7, 11) is 0. The van der Waals surface area contributed by atoms with Crippen molar-refractivity contribution >= 4 is 11.9 Å². The van der Waals surface area contributed by atoms with E-state index >= 15 is 0 Å². The summed E-state index contributed by atoms with van der Waals surface area (Å²) in [6.45, 7) is 5.84. The number of carbonyl (C=O) groups is 2. The van der Waals surface area contributed by atoms with Crippen LogP contribution < -0.4 is 0 Å². The van der Waals surface area contributed by atoms with Gasteiger partial charge in [-0.05, 0) is 12.3 Å². The zero-order valence-corrected chi connectivity index (χ0v) is 17.8. The molecule has 0 aromatic heterocycles. The number of aliphatic hydroxyl groups excluding tert-OH is 1. The summed E-state index contributed by atoms with van der Waals surface area (Å²) in [6, 6.07) is 0. The van der Waals surface area contributed by atoms with E-state index in [9.17, 15) is 14.7 Å². The Hall–Kier alpha value is -1.10. The molecule has 0 rings (SSSR count). The van der Waals surface area contributed by atoms with Crippen LogP contribution in [0.5, 0.6) is 0 Å². The lowest BCUT2D eigenvalue weighted by Gasteiger charge is -2.12. The zero-order valence-electron chi connectivity index (χ0n) is 17.8. The summed E-state index contributed by atoms with van der Waals surface area (Å²) in [5, 5.41) is 9.69. The number of esters is 2. The van der Waals surface area contributed by atoms with Gasteiger partial charge in [-0.25, -0.2) is 0 Å². The van der Waals surface area contributed by atoms with E-state index in [4.69, 9.17) is 9.47 Å². The lowest BCUT2D eigenvalue weighted by Crippen LogP contribution is -2.25. The van der Waals surface area contributed by atoms with Gasteiger partial charge in [-0.2, -0.15) is 0 Å². The van der Waals surface area contributed by atoms with Crippen LogP contribution in [0.15, 0.2) is 0 Å². The molecule has 0 spiro atoms. The van der Waals surface area contributed by atoms with E-state index in [0.29, 0.717) is 12.8 Å². The highest BCUT2D eigenvalue weighted by molar-refractivity contribution is 5.70. The summed E-state index contributed by atoms with van der Waals surface area (Å²) in [6.07, 6.45) is 13.4. The van der Waals surface area contributed by atoms with Gasteiger partial charge < -0.3 is 14.6 Å². The fraction of sp³-hybridized carbons (Fsp3) is 0.909. The van der Waals surface area contributed by atoms with Gasteiger partial charge in [0.1, 0.15) is 19.3 Å². The molecule has 0 saturated heterocycles. The van der Waals surface area contributed by atoms with Gasteiger partial charge in [0.2, 0.25) is 0 Å². The molecule has 0 radical (unpaired) electrons. The zero-order chi connectivity index (χ0) is 20.3. The minimum absolute atomic E-state index is 0.119. The predicted molar refractivity (Wildman–Crippen MR) is 108 cm³/mol. The Morgan fingerprint density at radius 3 is 1.67 bits per heavy atom. The number of ether oxygens (including phenoxy) is 2. The second kappa shape index (κ2) is 18.3. The summed E-state index contributed by atoms with van der Waals surface area (Å²) in [5.74, 6) is -0.409. The Balaban J connectivity index is 3.42. The molecule has 27 heavy (non-hydrogen) atoms. The largest absolute Gasteiger partial charge is 0.463 e. The fourth-order valence-electron chi connectivity index (χ4n) is 2.82. The third kappa shape index (κ3) is 19.5. The van der Waals surface area contributed by atoms with Crippen LogP contribution in [-0.2, 0) is 19.1 Å². The van der Waals surface area contributed by atoms with Gasteiger partial charge in [0.15, 0.2) is 0 Å². The highest BCUT2D eigenvalue weighted by Crippen LogP contribution is 2.12. The van der Waals surface area contributed by atoms with Gasteiger partial charge in [0, 0.05) is 12.8 Å². The van der Waals surface area contributed by atoms with Crippen LogP contribution >= 0.6 is 0 Å². The number of carbonyl (C=O) groups excluding carboxylic acids is 2. The van der Waals surface area contributed by atoms with Gasteiger partial charge in [-0.15, -0.1) is 0 Å². The smallest absolute Gasteiger partial charge is 0.306 e. The predicted octanol–water partition coefficient (Wildman–Crippen LogP) is 5.18. The van der Waals surface area contributed by atoms with Crippen molar-refractivity contribution in [1.29, 1.82) is 0 Å². The molecule has 0 bridgehead atoms. The molecule has 0 aromatic rings. The Labute approximate surface area is 166 Å². The van der Waals surface area contributed by atoms with Crippen molar-refractivity contribution in [3.8, 4) is 0 Å². The third-order valence-electron chi connectivity index (χ3n) is 4.43. The first kappa shape index (κ1) is 25.9. The van der Waals surface area contributed by atoms with Gasteiger partial charge in [-0.3, -0.25) is 9.59 Å². The quantitative estimate of drug-likeness (QED) is 0.259. The molecular weight excluding hydrogens is 344 g/mol. The molecule has 0 aliphatic carbocycles. The number of unbranched alkanes of at least 4 members (excludes halogenated alkanes) is 10. The van der Waals surface area contributed by atoms with E-state index < -0.39 is 6.10 Å². The average Bonchev–Trinajstić information content (AvgIpc) is 2.62. The third-order valence-corrected chi connectivity index (χ3v) is 4.43. The molecule has 0 heterocycles. The van der Waals surface area contributed by atoms with E-state index in [2.05, 4.69) is 6.92 Å². The maximum absolute atomic E-state index is 11.7. The standard InChI is InChI=1S/C22H42O5/c1-4-5-6-7-8-9-10-11-12-13-14-15-21(24)26-17-20(23)18-27-22(25)16-19(2)3/h19-20,23H,4-18H2,1-3H3/t20-/m1/s1. The molecule has 0 unspecified atom stereocenters. The van der Waals surface area contributed by atoms with Gasteiger partial charge in [-0.1, -0.05) is 85.0 Å². The van der Waals surface area contributed by atoms with Crippen molar-refractivity contribution in [3.05, 3.63) is 0 Å². The minimum atomic E-state index is -0.956. The molecule has 160 valence electrons. The molecule has 0 aromatic carbocycles. The van der Waals surface area contributed by atoms with Crippen molar-refractivity contribution in [1.82, 2.24) is 0 Å². The summed E-state index contributed by atoms with van der Waals surface area (Å²) < 4.78 is 9.97. The molecule has 0 amide bonds. The highest BCUT2D eigenvalue weighted by Gasteiger charge is 2.12. The number of hydrogen-bond acceptors (Lipinski definition) is 5. The molecule has 5 heteroatoms. The second-order valence-electron chi connectivity index (χ2n) is 7.90. The lowest BCUT2D eigenvalue weighted by molar-refractivity contribution is -0.152. The van der Waals surface area contributed by atoms with Crippen LogP contribution in [0.1, 0.15) is 104 Å². The molecule has 0 aliphatic rings. The van der Waals surface area contributed by atoms with E-state index in [1.165, 1.54) is 51.4 Å². The number of hydrogen-bond donors (Lipinski definition) is 1. The summed E-state index contributed by atoms with van der Waals surface area (Å²) >= 11 is 0. The summed E-state index contributed by atoms with van der Waals surface area (Å²) in [4.78, 5) is 23.0. The molecule has 1 atom stereocenters. The lowest BCUT2D eigenvalue weighted by atomic mass is 10.1. The summed E-state index contributed by atoms with van der Waals surface area (Å²) in [5.41, 5.74) is 0. The van der Waals surface area contributed by atoms with Gasteiger partial charge in [0.05, 0.1) is 0 Å². The first-order chi connectivity index (χ1) is 13.0. The fourth-order valence-corrected chi connectivity index (χ4v) is 2.82. The maximum Gasteiger partial charge on any atom is 0.306 e.